The molecule has 17 heavy (non-hydrogen) atoms. The summed E-state index contributed by atoms with van der Waals surface area (Å²) in [4.78, 5) is 10.1. The molecule has 0 amide bonds. The fourth-order valence-electron chi connectivity index (χ4n) is 1.08. The number of hydrogen-bond donors (Lipinski definition) is 1. The number of halogens is 4. The standard InChI is InChI=1S/C11H6F4O2/c12-8-5-4-7(2-1-3-10(16)17)9(6-8)11(13,14)15/h4-6H,3H2,(H,16,17). The third-order valence-electron chi connectivity index (χ3n) is 1.75. The monoisotopic (exact) mass is 246 g/mol. The van der Waals surface area contributed by atoms with Gasteiger partial charge in [0.15, 0.2) is 0 Å². The number of carbonyl (C=O) groups is 1. The van der Waals surface area contributed by atoms with E-state index in [0.717, 1.165) is 12.1 Å². The number of aliphatic carboxylic acids is 1. The lowest BCUT2D eigenvalue weighted by atomic mass is 10.1. The Morgan fingerprint density at radius 3 is 2.53 bits per heavy atom. The molecule has 0 aliphatic carbocycles. The zero-order valence-electron chi connectivity index (χ0n) is 8.31. The highest BCUT2D eigenvalue weighted by Gasteiger charge is 2.33. The maximum Gasteiger partial charge on any atom is 0.417 e. The number of hydrogen-bond acceptors (Lipinski definition) is 1. The maximum atomic E-state index is 12.7. The fraction of sp³-hybridized carbons (Fsp3) is 0.182. The molecule has 0 aliphatic rings. The largest absolute Gasteiger partial charge is 0.481 e. The summed E-state index contributed by atoms with van der Waals surface area (Å²) in [5.74, 6) is 1.85. The zero-order valence-corrected chi connectivity index (χ0v) is 8.31. The third-order valence-corrected chi connectivity index (χ3v) is 1.75. The SMILES string of the molecule is O=C(O)CC#Cc1ccc(F)cc1C(F)(F)F. The number of benzene rings is 1. The molecule has 0 fully saturated rings. The van der Waals surface area contributed by atoms with Crippen molar-refractivity contribution in [1.82, 2.24) is 0 Å². The summed E-state index contributed by atoms with van der Waals surface area (Å²) in [6.07, 6.45) is -5.30. The predicted molar refractivity (Wildman–Crippen MR) is 50.5 cm³/mol. The van der Waals surface area contributed by atoms with Crippen LogP contribution in [-0.2, 0) is 11.0 Å². The molecule has 0 atom stereocenters. The molecule has 1 aromatic rings. The van der Waals surface area contributed by atoms with E-state index in [1.807, 2.05) is 0 Å². The van der Waals surface area contributed by atoms with Crippen molar-refractivity contribution in [3.05, 3.63) is 35.1 Å². The van der Waals surface area contributed by atoms with E-state index in [1.165, 1.54) is 0 Å². The Balaban J connectivity index is 3.14. The van der Waals surface area contributed by atoms with E-state index in [0.29, 0.717) is 6.07 Å². The van der Waals surface area contributed by atoms with Gasteiger partial charge in [-0.05, 0) is 18.2 Å². The molecule has 6 heteroatoms. The average Bonchev–Trinajstić information content (AvgIpc) is 2.18. The van der Waals surface area contributed by atoms with Gasteiger partial charge in [0, 0.05) is 5.56 Å². The van der Waals surface area contributed by atoms with Crippen molar-refractivity contribution in [3.63, 3.8) is 0 Å². The molecule has 0 aliphatic heterocycles. The van der Waals surface area contributed by atoms with E-state index in [2.05, 4.69) is 11.8 Å². The Bertz CT molecular complexity index is 494. The van der Waals surface area contributed by atoms with Crippen LogP contribution in [0.25, 0.3) is 0 Å². The van der Waals surface area contributed by atoms with Crippen molar-refractivity contribution in [2.75, 3.05) is 0 Å². The quantitative estimate of drug-likeness (QED) is 0.611. The van der Waals surface area contributed by atoms with Crippen molar-refractivity contribution in [2.45, 2.75) is 12.6 Å². The summed E-state index contributed by atoms with van der Waals surface area (Å²) < 4.78 is 50.1. The number of alkyl halides is 3. The minimum absolute atomic E-state index is 0.324. The van der Waals surface area contributed by atoms with Gasteiger partial charge in [-0.1, -0.05) is 11.8 Å². The second-order valence-electron chi connectivity index (χ2n) is 3.06. The minimum Gasteiger partial charge on any atom is -0.481 e. The number of carboxylic acids is 1. The Hall–Kier alpha value is -2.03. The molecule has 0 bridgehead atoms. The first-order valence-corrected chi connectivity index (χ1v) is 4.38. The molecule has 0 aromatic heterocycles. The second-order valence-corrected chi connectivity index (χ2v) is 3.06. The van der Waals surface area contributed by atoms with E-state index in [-0.39, 0.29) is 0 Å². The van der Waals surface area contributed by atoms with Crippen molar-refractivity contribution >= 4 is 5.97 Å². The summed E-state index contributed by atoms with van der Waals surface area (Å²) in [6.45, 7) is 0. The predicted octanol–water partition coefficient (Wildman–Crippen LogP) is 2.67. The van der Waals surface area contributed by atoms with E-state index < -0.39 is 35.5 Å². The third kappa shape index (κ3) is 3.79. The van der Waals surface area contributed by atoms with E-state index in [1.54, 1.807) is 0 Å². The van der Waals surface area contributed by atoms with Gasteiger partial charge in [-0.3, -0.25) is 4.79 Å². The van der Waals surface area contributed by atoms with Gasteiger partial charge in [0.25, 0.3) is 0 Å². The molecule has 2 nitrogen and oxygen atoms in total. The van der Waals surface area contributed by atoms with E-state index >= 15 is 0 Å². The fourth-order valence-corrected chi connectivity index (χ4v) is 1.08. The van der Waals surface area contributed by atoms with Crippen molar-refractivity contribution in [2.24, 2.45) is 0 Å². The Morgan fingerprint density at radius 1 is 1.35 bits per heavy atom. The highest BCUT2D eigenvalue weighted by Crippen LogP contribution is 2.32. The molecular weight excluding hydrogens is 240 g/mol. The Kier molecular flexibility index (Phi) is 3.73. The van der Waals surface area contributed by atoms with Crippen LogP contribution in [0.2, 0.25) is 0 Å². The van der Waals surface area contributed by atoms with Gasteiger partial charge < -0.3 is 5.11 Å². The maximum absolute atomic E-state index is 12.7. The van der Waals surface area contributed by atoms with Crippen LogP contribution in [0.15, 0.2) is 18.2 Å². The van der Waals surface area contributed by atoms with Crippen molar-refractivity contribution in [1.29, 1.82) is 0 Å². The molecule has 1 N–H and O–H groups in total. The van der Waals surface area contributed by atoms with Crippen LogP contribution in [-0.4, -0.2) is 11.1 Å². The lowest BCUT2D eigenvalue weighted by Crippen LogP contribution is -2.08. The van der Waals surface area contributed by atoms with Crippen LogP contribution >= 0.6 is 0 Å². The molecule has 0 unspecified atom stereocenters. The van der Waals surface area contributed by atoms with Gasteiger partial charge in [0.05, 0.1) is 5.56 Å². The molecule has 0 spiro atoms. The highest BCUT2D eigenvalue weighted by molar-refractivity contribution is 5.70. The second kappa shape index (κ2) is 4.87. The van der Waals surface area contributed by atoms with Crippen LogP contribution in [0, 0.1) is 17.7 Å². The van der Waals surface area contributed by atoms with Gasteiger partial charge in [0.1, 0.15) is 12.2 Å². The number of carboxylic acid groups (broad SMARTS) is 1. The lowest BCUT2D eigenvalue weighted by Gasteiger charge is -2.08. The Labute approximate surface area is 93.9 Å². The van der Waals surface area contributed by atoms with Gasteiger partial charge in [-0.25, -0.2) is 4.39 Å². The molecule has 0 saturated heterocycles. The smallest absolute Gasteiger partial charge is 0.417 e. The highest BCUT2D eigenvalue weighted by atomic mass is 19.4. The van der Waals surface area contributed by atoms with Crippen LogP contribution in [0.1, 0.15) is 17.5 Å². The van der Waals surface area contributed by atoms with Crippen LogP contribution in [0.4, 0.5) is 17.6 Å². The van der Waals surface area contributed by atoms with Crippen molar-refractivity contribution in [3.8, 4) is 11.8 Å². The first kappa shape index (κ1) is 13.0. The molecule has 0 saturated carbocycles. The number of rotatable bonds is 1. The first-order chi connectivity index (χ1) is 7.80. The summed E-state index contributed by atoms with van der Waals surface area (Å²) in [7, 11) is 0. The first-order valence-electron chi connectivity index (χ1n) is 4.38. The molecule has 0 heterocycles. The topological polar surface area (TPSA) is 37.3 Å². The average molecular weight is 246 g/mol. The van der Waals surface area contributed by atoms with Crippen LogP contribution in [0.5, 0.6) is 0 Å². The summed E-state index contributed by atoms with van der Waals surface area (Å²) >= 11 is 0. The van der Waals surface area contributed by atoms with Gasteiger partial charge >= 0.3 is 12.1 Å². The van der Waals surface area contributed by atoms with Crippen LogP contribution in [0.3, 0.4) is 0 Å². The molecule has 1 rings (SSSR count). The minimum atomic E-state index is -4.73. The summed E-state index contributed by atoms with van der Waals surface area (Å²) in [6, 6.07) is 2.03. The van der Waals surface area contributed by atoms with Gasteiger partial charge in [-0.2, -0.15) is 13.2 Å². The summed E-state index contributed by atoms with van der Waals surface area (Å²) in [5, 5.41) is 8.28. The Morgan fingerprint density at radius 2 is 2.00 bits per heavy atom. The zero-order chi connectivity index (χ0) is 13.1. The normalized spacial score (nSPS) is 10.6. The summed E-state index contributed by atoms with van der Waals surface area (Å²) in [5.41, 5.74) is -1.66. The van der Waals surface area contributed by atoms with E-state index in [9.17, 15) is 22.4 Å². The molecular formula is C11H6F4O2. The molecule has 90 valence electrons. The van der Waals surface area contributed by atoms with Crippen LogP contribution < -0.4 is 0 Å². The van der Waals surface area contributed by atoms with Gasteiger partial charge in [-0.15, -0.1) is 0 Å². The van der Waals surface area contributed by atoms with Gasteiger partial charge in [0.2, 0.25) is 0 Å². The van der Waals surface area contributed by atoms with Crippen molar-refractivity contribution < 1.29 is 27.5 Å². The van der Waals surface area contributed by atoms with E-state index in [4.69, 9.17) is 5.11 Å². The molecule has 0 radical (unpaired) electrons. The molecule has 1 aromatic carbocycles. The lowest BCUT2D eigenvalue weighted by molar-refractivity contribution is -0.138.